The predicted molar refractivity (Wildman–Crippen MR) is 99.2 cm³/mol. The van der Waals surface area contributed by atoms with Gasteiger partial charge in [0, 0.05) is 24.2 Å². The van der Waals surface area contributed by atoms with Crippen LogP contribution in [0, 0.1) is 18.3 Å². The lowest BCUT2D eigenvalue weighted by atomic mass is 10.0. The maximum atomic E-state index is 9.10. The summed E-state index contributed by atoms with van der Waals surface area (Å²) in [5.41, 5.74) is 5.32. The number of aryl methyl sites for hydroxylation is 1. The number of benzene rings is 2. The molecule has 6 heteroatoms. The van der Waals surface area contributed by atoms with E-state index < -0.39 is 6.23 Å². The van der Waals surface area contributed by atoms with E-state index in [2.05, 4.69) is 16.0 Å². The maximum Gasteiger partial charge on any atom is 0.165 e. The quantitative estimate of drug-likeness (QED) is 0.608. The summed E-state index contributed by atoms with van der Waals surface area (Å²) in [6.07, 6.45) is 3.23. The molecule has 0 aliphatic carbocycles. The fourth-order valence-corrected chi connectivity index (χ4v) is 3.48. The van der Waals surface area contributed by atoms with Crippen LogP contribution in [-0.4, -0.2) is 28.8 Å². The lowest BCUT2D eigenvalue weighted by molar-refractivity contribution is 0.0808. The molecule has 130 valence electrons. The van der Waals surface area contributed by atoms with Crippen molar-refractivity contribution < 1.29 is 9.47 Å². The van der Waals surface area contributed by atoms with Crippen LogP contribution in [0.4, 0.5) is 0 Å². The van der Waals surface area contributed by atoms with E-state index in [9.17, 15) is 0 Å². The number of hydrogen-bond donors (Lipinski definition) is 1. The molecule has 4 rings (SSSR count). The van der Waals surface area contributed by atoms with Gasteiger partial charge in [0.15, 0.2) is 6.23 Å². The number of nitrogens with one attached hydrogen (secondary N) is 1. The number of imidazole rings is 1. The average molecular weight is 346 g/mol. The molecular formula is C20H18N4O2. The van der Waals surface area contributed by atoms with Gasteiger partial charge in [-0.1, -0.05) is 0 Å². The first-order valence-electron chi connectivity index (χ1n) is 8.22. The van der Waals surface area contributed by atoms with Crippen molar-refractivity contribution in [3.8, 4) is 11.8 Å². The number of fused-ring (bicyclic) bond motifs is 2. The third kappa shape index (κ3) is 2.33. The van der Waals surface area contributed by atoms with Gasteiger partial charge < -0.3 is 14.5 Å². The zero-order valence-electron chi connectivity index (χ0n) is 14.8. The van der Waals surface area contributed by atoms with Crippen molar-refractivity contribution in [2.45, 2.75) is 13.2 Å². The third-order valence-electron chi connectivity index (χ3n) is 4.69. The number of H-pyrrole nitrogens is 1. The van der Waals surface area contributed by atoms with Gasteiger partial charge in [0.1, 0.15) is 5.75 Å². The molecule has 2 aromatic heterocycles. The Morgan fingerprint density at radius 2 is 2.08 bits per heavy atom. The minimum atomic E-state index is -0.415. The largest absolute Gasteiger partial charge is 0.496 e. The van der Waals surface area contributed by atoms with Gasteiger partial charge in [-0.15, -0.1) is 0 Å². The SMILES string of the molecule is COc1cc(C)c2[nH]ccc2c1C(OC)n1cnc2cc(C#N)ccc21. The molecule has 0 aliphatic heterocycles. The molecule has 1 N–H and O–H groups in total. The van der Waals surface area contributed by atoms with Crippen LogP contribution in [-0.2, 0) is 4.74 Å². The fraction of sp³-hybridized carbons (Fsp3) is 0.200. The summed E-state index contributed by atoms with van der Waals surface area (Å²) in [7, 11) is 3.33. The van der Waals surface area contributed by atoms with E-state index in [1.54, 1.807) is 32.7 Å². The fourth-order valence-electron chi connectivity index (χ4n) is 3.48. The van der Waals surface area contributed by atoms with Crippen LogP contribution in [0.15, 0.2) is 42.9 Å². The van der Waals surface area contributed by atoms with E-state index in [4.69, 9.17) is 14.7 Å². The molecular weight excluding hydrogens is 328 g/mol. The van der Waals surface area contributed by atoms with E-state index in [1.165, 1.54) is 0 Å². The maximum absolute atomic E-state index is 9.10. The van der Waals surface area contributed by atoms with Crippen molar-refractivity contribution in [3.63, 3.8) is 0 Å². The molecule has 0 spiro atoms. The van der Waals surface area contributed by atoms with Gasteiger partial charge in [0.25, 0.3) is 0 Å². The third-order valence-corrected chi connectivity index (χ3v) is 4.69. The summed E-state index contributed by atoms with van der Waals surface area (Å²) in [4.78, 5) is 7.73. The van der Waals surface area contributed by atoms with Gasteiger partial charge in [-0.3, -0.25) is 4.57 Å². The number of nitrogens with zero attached hydrogens (tertiary/aromatic N) is 3. The standard InChI is InChI=1S/C20H18N4O2/c1-12-8-17(25-2)18(14-6-7-22-19(12)14)20(26-3)24-11-23-15-9-13(10-21)4-5-16(15)24/h4-9,11,20,22H,1-3H3. The average Bonchev–Trinajstić information content (AvgIpc) is 3.31. The predicted octanol–water partition coefficient (Wildman–Crippen LogP) is 3.90. The van der Waals surface area contributed by atoms with E-state index in [0.717, 1.165) is 38.8 Å². The molecule has 0 bridgehead atoms. The summed E-state index contributed by atoms with van der Waals surface area (Å²) in [6, 6.07) is 11.6. The van der Waals surface area contributed by atoms with Crippen molar-refractivity contribution in [1.29, 1.82) is 5.26 Å². The lowest BCUT2D eigenvalue weighted by Gasteiger charge is -2.22. The van der Waals surface area contributed by atoms with E-state index in [0.29, 0.717) is 5.56 Å². The Kier molecular flexibility index (Phi) is 3.86. The Hall–Kier alpha value is -3.30. The lowest BCUT2D eigenvalue weighted by Crippen LogP contribution is -2.13. The van der Waals surface area contributed by atoms with Crippen LogP contribution in [0.25, 0.3) is 21.9 Å². The summed E-state index contributed by atoms with van der Waals surface area (Å²) in [5, 5.41) is 10.1. The molecule has 0 aliphatic rings. The van der Waals surface area contributed by atoms with Gasteiger partial charge in [0.05, 0.1) is 41.7 Å². The summed E-state index contributed by atoms with van der Waals surface area (Å²) >= 11 is 0. The molecule has 0 radical (unpaired) electrons. The van der Waals surface area contributed by atoms with Crippen molar-refractivity contribution in [3.05, 3.63) is 59.5 Å². The molecule has 2 heterocycles. The molecule has 0 fully saturated rings. The number of rotatable bonds is 4. The second kappa shape index (κ2) is 6.21. The number of nitriles is 1. The second-order valence-corrected chi connectivity index (χ2v) is 6.13. The summed E-state index contributed by atoms with van der Waals surface area (Å²) in [6.45, 7) is 2.04. The normalized spacial score (nSPS) is 12.4. The highest BCUT2D eigenvalue weighted by molar-refractivity contribution is 5.89. The first-order chi connectivity index (χ1) is 12.7. The topological polar surface area (TPSA) is 75.9 Å². The molecule has 0 amide bonds. The van der Waals surface area contributed by atoms with Gasteiger partial charge >= 0.3 is 0 Å². The van der Waals surface area contributed by atoms with Gasteiger partial charge in [-0.2, -0.15) is 5.26 Å². The number of aromatic nitrogens is 3. The van der Waals surface area contributed by atoms with Crippen molar-refractivity contribution in [2.75, 3.05) is 14.2 Å². The highest BCUT2D eigenvalue weighted by Crippen LogP contribution is 2.38. The summed E-state index contributed by atoms with van der Waals surface area (Å²) in [5.74, 6) is 0.761. The molecule has 0 saturated heterocycles. The molecule has 1 atom stereocenters. The van der Waals surface area contributed by atoms with E-state index in [1.807, 2.05) is 35.9 Å². The zero-order valence-corrected chi connectivity index (χ0v) is 14.8. The Bertz CT molecular complexity index is 1150. The monoisotopic (exact) mass is 346 g/mol. The van der Waals surface area contributed by atoms with Crippen LogP contribution < -0.4 is 4.74 Å². The Morgan fingerprint density at radius 3 is 2.81 bits per heavy atom. The van der Waals surface area contributed by atoms with Crippen molar-refractivity contribution in [2.24, 2.45) is 0 Å². The Labute approximate surface area is 150 Å². The smallest absolute Gasteiger partial charge is 0.165 e. The van der Waals surface area contributed by atoms with Crippen LogP contribution >= 0.6 is 0 Å². The number of aromatic amines is 1. The Morgan fingerprint density at radius 1 is 1.23 bits per heavy atom. The number of methoxy groups -OCH3 is 2. The first-order valence-corrected chi connectivity index (χ1v) is 8.22. The van der Waals surface area contributed by atoms with Gasteiger partial charge in [0.2, 0.25) is 0 Å². The van der Waals surface area contributed by atoms with Crippen LogP contribution in [0.1, 0.15) is 22.9 Å². The van der Waals surface area contributed by atoms with E-state index >= 15 is 0 Å². The van der Waals surface area contributed by atoms with E-state index in [-0.39, 0.29) is 0 Å². The highest BCUT2D eigenvalue weighted by atomic mass is 16.5. The first kappa shape index (κ1) is 16.2. The Balaban J connectivity index is 1.97. The number of hydrogen-bond acceptors (Lipinski definition) is 4. The van der Waals surface area contributed by atoms with Crippen LogP contribution in [0.5, 0.6) is 5.75 Å². The molecule has 6 nitrogen and oxygen atoms in total. The highest BCUT2D eigenvalue weighted by Gasteiger charge is 2.24. The van der Waals surface area contributed by atoms with Gasteiger partial charge in [-0.25, -0.2) is 4.98 Å². The van der Waals surface area contributed by atoms with Crippen molar-refractivity contribution >= 4 is 21.9 Å². The van der Waals surface area contributed by atoms with Gasteiger partial charge in [-0.05, 0) is 42.8 Å². The second-order valence-electron chi connectivity index (χ2n) is 6.13. The molecule has 26 heavy (non-hydrogen) atoms. The summed E-state index contributed by atoms with van der Waals surface area (Å²) < 4.78 is 13.5. The molecule has 4 aromatic rings. The minimum absolute atomic E-state index is 0.415. The van der Waals surface area contributed by atoms with Crippen LogP contribution in [0.2, 0.25) is 0 Å². The molecule has 2 aromatic carbocycles. The van der Waals surface area contributed by atoms with Crippen molar-refractivity contribution in [1.82, 2.24) is 14.5 Å². The molecule has 1 unspecified atom stereocenters. The molecule has 0 saturated carbocycles. The minimum Gasteiger partial charge on any atom is -0.496 e. The number of ether oxygens (including phenoxy) is 2. The zero-order chi connectivity index (χ0) is 18.3. The van der Waals surface area contributed by atoms with Crippen LogP contribution in [0.3, 0.4) is 0 Å².